The topological polar surface area (TPSA) is 0 Å². The number of fused-ring (bicyclic) bond motifs is 1. The normalized spacial score (nSPS) is 12.8. The van der Waals surface area contributed by atoms with Gasteiger partial charge in [-0.1, -0.05) is 97.8 Å². The Morgan fingerprint density at radius 1 is 0.708 bits per heavy atom. The average Bonchev–Trinajstić information content (AvgIpc) is 3.06. The Morgan fingerprint density at radius 3 is 1.92 bits per heavy atom. The Labute approximate surface area is 144 Å². The van der Waals surface area contributed by atoms with E-state index in [1.807, 2.05) is 0 Å². The van der Waals surface area contributed by atoms with Crippen LogP contribution in [0.1, 0.15) is 30.9 Å². The zero-order valence-electron chi connectivity index (χ0n) is 14.1. The highest BCUT2D eigenvalue weighted by Crippen LogP contribution is 2.40. The van der Waals surface area contributed by atoms with Gasteiger partial charge in [-0.15, -0.1) is 0 Å². The van der Waals surface area contributed by atoms with E-state index in [2.05, 4.69) is 85.8 Å². The molecule has 0 aromatic heterocycles. The second-order valence-electron chi connectivity index (χ2n) is 6.51. The van der Waals surface area contributed by atoms with Gasteiger partial charge in [-0.3, -0.25) is 0 Å². The van der Waals surface area contributed by atoms with Crippen molar-refractivity contribution in [2.24, 2.45) is 0 Å². The van der Waals surface area contributed by atoms with Crippen LogP contribution in [0.25, 0.3) is 28.3 Å². The standard InChI is InChI=1S/C24H22/c1-2-9-18-16-23-21(19-10-5-3-6-11-19)14-15-22(24(23)17-18)20-12-7-4-8-13-20/h3-8,10-16H,2,9,17H2,1H3. The molecule has 0 heterocycles. The van der Waals surface area contributed by atoms with E-state index in [1.165, 1.54) is 46.2 Å². The first-order chi connectivity index (χ1) is 11.9. The largest absolute Gasteiger partial charge is 0.0652 e. The van der Waals surface area contributed by atoms with E-state index in [4.69, 9.17) is 0 Å². The van der Waals surface area contributed by atoms with Crippen LogP contribution in [0.4, 0.5) is 0 Å². The molecule has 0 bridgehead atoms. The van der Waals surface area contributed by atoms with Crippen molar-refractivity contribution < 1.29 is 0 Å². The predicted octanol–water partition coefficient (Wildman–Crippen LogP) is 6.76. The predicted molar refractivity (Wildman–Crippen MR) is 104 cm³/mol. The van der Waals surface area contributed by atoms with E-state index >= 15 is 0 Å². The monoisotopic (exact) mass is 310 g/mol. The van der Waals surface area contributed by atoms with Crippen molar-refractivity contribution in [2.75, 3.05) is 0 Å². The molecule has 0 aliphatic heterocycles. The zero-order valence-corrected chi connectivity index (χ0v) is 14.1. The smallest absolute Gasteiger partial charge is 0.00514 e. The van der Waals surface area contributed by atoms with Crippen molar-refractivity contribution in [1.82, 2.24) is 0 Å². The molecular formula is C24H22. The van der Waals surface area contributed by atoms with E-state index in [0.29, 0.717) is 0 Å². The van der Waals surface area contributed by atoms with Gasteiger partial charge in [-0.05, 0) is 46.2 Å². The van der Waals surface area contributed by atoms with Gasteiger partial charge < -0.3 is 0 Å². The molecule has 118 valence electrons. The first-order valence-corrected chi connectivity index (χ1v) is 8.83. The third-order valence-electron chi connectivity index (χ3n) is 4.85. The van der Waals surface area contributed by atoms with Crippen molar-refractivity contribution in [3.05, 3.63) is 89.5 Å². The fourth-order valence-corrected chi connectivity index (χ4v) is 3.74. The molecule has 0 saturated carbocycles. The number of benzene rings is 3. The molecule has 1 aliphatic carbocycles. The van der Waals surface area contributed by atoms with Gasteiger partial charge in [0.15, 0.2) is 0 Å². The van der Waals surface area contributed by atoms with Gasteiger partial charge in [0.2, 0.25) is 0 Å². The number of hydrogen-bond acceptors (Lipinski definition) is 0. The second-order valence-corrected chi connectivity index (χ2v) is 6.51. The van der Waals surface area contributed by atoms with Gasteiger partial charge in [-0.2, -0.15) is 0 Å². The Kier molecular flexibility index (Phi) is 4.04. The van der Waals surface area contributed by atoms with Crippen LogP contribution >= 0.6 is 0 Å². The van der Waals surface area contributed by atoms with Crippen LogP contribution < -0.4 is 0 Å². The number of rotatable bonds is 4. The molecule has 0 heteroatoms. The summed E-state index contributed by atoms with van der Waals surface area (Å²) in [6, 6.07) is 26.1. The maximum Gasteiger partial charge on any atom is -0.00514 e. The summed E-state index contributed by atoms with van der Waals surface area (Å²) >= 11 is 0. The van der Waals surface area contributed by atoms with Crippen LogP contribution in [-0.2, 0) is 6.42 Å². The zero-order chi connectivity index (χ0) is 16.4. The van der Waals surface area contributed by atoms with Crippen LogP contribution in [0.15, 0.2) is 78.4 Å². The third-order valence-corrected chi connectivity index (χ3v) is 4.85. The van der Waals surface area contributed by atoms with Crippen LogP contribution in [0, 0.1) is 0 Å². The number of hydrogen-bond donors (Lipinski definition) is 0. The highest BCUT2D eigenvalue weighted by Gasteiger charge is 2.20. The quantitative estimate of drug-likeness (QED) is 0.499. The maximum atomic E-state index is 2.44. The lowest BCUT2D eigenvalue weighted by molar-refractivity contribution is 0.887. The lowest BCUT2D eigenvalue weighted by Gasteiger charge is -2.14. The lowest BCUT2D eigenvalue weighted by Crippen LogP contribution is -1.93. The van der Waals surface area contributed by atoms with Gasteiger partial charge in [0, 0.05) is 0 Å². The summed E-state index contributed by atoms with van der Waals surface area (Å²) in [5, 5.41) is 0. The second kappa shape index (κ2) is 6.49. The average molecular weight is 310 g/mol. The van der Waals surface area contributed by atoms with E-state index in [0.717, 1.165) is 6.42 Å². The van der Waals surface area contributed by atoms with Crippen molar-refractivity contribution in [3.63, 3.8) is 0 Å². The Bertz CT molecular complexity index is 871. The molecule has 0 N–H and O–H groups in total. The highest BCUT2D eigenvalue weighted by atomic mass is 14.2. The molecular weight excluding hydrogens is 288 g/mol. The SMILES string of the molecule is CCCC1=Cc2c(-c3ccccc3)ccc(-c3ccccc3)c2C1. The van der Waals surface area contributed by atoms with Crippen LogP contribution in [-0.4, -0.2) is 0 Å². The van der Waals surface area contributed by atoms with Crippen LogP contribution in [0.5, 0.6) is 0 Å². The fourth-order valence-electron chi connectivity index (χ4n) is 3.74. The molecule has 0 fully saturated rings. The van der Waals surface area contributed by atoms with E-state index in [-0.39, 0.29) is 0 Å². The molecule has 0 unspecified atom stereocenters. The lowest BCUT2D eigenvalue weighted by atomic mass is 9.90. The van der Waals surface area contributed by atoms with Crippen LogP contribution in [0.2, 0.25) is 0 Å². The summed E-state index contributed by atoms with van der Waals surface area (Å²) in [6.45, 7) is 2.26. The van der Waals surface area contributed by atoms with Crippen molar-refractivity contribution in [3.8, 4) is 22.3 Å². The molecule has 0 saturated heterocycles. The molecule has 4 rings (SSSR count). The molecule has 0 nitrogen and oxygen atoms in total. The summed E-state index contributed by atoms with van der Waals surface area (Å²) in [4.78, 5) is 0. The highest BCUT2D eigenvalue weighted by molar-refractivity contribution is 5.86. The summed E-state index contributed by atoms with van der Waals surface area (Å²) in [5.41, 5.74) is 9.84. The van der Waals surface area contributed by atoms with E-state index in [1.54, 1.807) is 5.57 Å². The Balaban J connectivity index is 1.88. The van der Waals surface area contributed by atoms with Gasteiger partial charge in [-0.25, -0.2) is 0 Å². The molecule has 0 spiro atoms. The summed E-state index contributed by atoms with van der Waals surface area (Å²) in [5.74, 6) is 0. The third kappa shape index (κ3) is 2.69. The minimum atomic E-state index is 1.09. The van der Waals surface area contributed by atoms with Gasteiger partial charge in [0.1, 0.15) is 0 Å². The molecule has 24 heavy (non-hydrogen) atoms. The fraction of sp³-hybridized carbons (Fsp3) is 0.167. The van der Waals surface area contributed by atoms with Crippen molar-refractivity contribution >= 4 is 6.08 Å². The molecule has 0 amide bonds. The number of allylic oxidation sites excluding steroid dienone is 1. The summed E-state index contributed by atoms with van der Waals surface area (Å²) < 4.78 is 0. The van der Waals surface area contributed by atoms with E-state index in [9.17, 15) is 0 Å². The van der Waals surface area contributed by atoms with Crippen LogP contribution in [0.3, 0.4) is 0 Å². The van der Waals surface area contributed by atoms with Crippen molar-refractivity contribution in [2.45, 2.75) is 26.2 Å². The first kappa shape index (κ1) is 15.0. The summed E-state index contributed by atoms with van der Waals surface area (Å²) in [7, 11) is 0. The Morgan fingerprint density at radius 2 is 1.29 bits per heavy atom. The molecule has 1 aliphatic rings. The first-order valence-electron chi connectivity index (χ1n) is 8.83. The van der Waals surface area contributed by atoms with E-state index < -0.39 is 0 Å². The molecule has 3 aromatic carbocycles. The van der Waals surface area contributed by atoms with Gasteiger partial charge >= 0.3 is 0 Å². The minimum absolute atomic E-state index is 1.09. The van der Waals surface area contributed by atoms with Gasteiger partial charge in [0.25, 0.3) is 0 Å². The van der Waals surface area contributed by atoms with Gasteiger partial charge in [0.05, 0.1) is 0 Å². The Hall–Kier alpha value is -2.60. The van der Waals surface area contributed by atoms with Crippen molar-refractivity contribution in [1.29, 1.82) is 0 Å². The maximum absolute atomic E-state index is 2.44. The molecule has 0 atom stereocenters. The molecule has 0 radical (unpaired) electrons. The minimum Gasteiger partial charge on any atom is -0.0652 e. The summed E-state index contributed by atoms with van der Waals surface area (Å²) in [6.07, 6.45) is 5.93. The molecule has 3 aromatic rings.